The van der Waals surface area contributed by atoms with E-state index in [-0.39, 0.29) is 18.2 Å². The minimum Gasteiger partial charge on any atom is -0.387 e. The molecule has 1 saturated heterocycles. The summed E-state index contributed by atoms with van der Waals surface area (Å²) in [5.41, 5.74) is 2.37. The topological polar surface area (TPSA) is 50.5 Å². The van der Waals surface area contributed by atoms with Crippen LogP contribution in [0.2, 0.25) is 0 Å². The van der Waals surface area contributed by atoms with Gasteiger partial charge in [0, 0.05) is 32.2 Å². The van der Waals surface area contributed by atoms with E-state index in [1.54, 1.807) is 0 Å². The SMILES string of the molecule is CC(C)C(C#N)N1CCN(C2Cc3ccccc3C2O)CC1. The van der Waals surface area contributed by atoms with Gasteiger partial charge in [-0.3, -0.25) is 9.80 Å². The summed E-state index contributed by atoms with van der Waals surface area (Å²) >= 11 is 0. The molecule has 118 valence electrons. The Bertz CT molecular complexity index is 558. The molecule has 0 bridgehead atoms. The van der Waals surface area contributed by atoms with Crippen LogP contribution in [0.3, 0.4) is 0 Å². The number of aliphatic hydroxyl groups is 1. The molecule has 1 aromatic carbocycles. The molecule has 0 radical (unpaired) electrons. The zero-order valence-corrected chi connectivity index (χ0v) is 13.4. The molecule has 1 aromatic rings. The third-order valence-electron chi connectivity index (χ3n) is 5.14. The molecule has 0 amide bonds. The van der Waals surface area contributed by atoms with Crippen molar-refractivity contribution in [3.63, 3.8) is 0 Å². The Morgan fingerprint density at radius 1 is 1.18 bits per heavy atom. The molecule has 22 heavy (non-hydrogen) atoms. The first-order valence-electron chi connectivity index (χ1n) is 8.25. The molecule has 3 rings (SSSR count). The van der Waals surface area contributed by atoms with E-state index in [9.17, 15) is 10.4 Å². The highest BCUT2D eigenvalue weighted by Crippen LogP contribution is 2.34. The number of rotatable bonds is 3. The number of aliphatic hydroxyl groups excluding tert-OH is 1. The van der Waals surface area contributed by atoms with Crippen molar-refractivity contribution >= 4 is 0 Å². The number of piperazine rings is 1. The Kier molecular flexibility index (Phi) is 4.49. The average Bonchev–Trinajstić information content (AvgIpc) is 2.86. The van der Waals surface area contributed by atoms with Gasteiger partial charge < -0.3 is 5.11 Å². The van der Waals surface area contributed by atoms with Crippen LogP contribution in [-0.4, -0.2) is 53.2 Å². The van der Waals surface area contributed by atoms with Gasteiger partial charge >= 0.3 is 0 Å². The van der Waals surface area contributed by atoms with Gasteiger partial charge in [0.25, 0.3) is 0 Å². The van der Waals surface area contributed by atoms with Gasteiger partial charge in [-0.1, -0.05) is 38.1 Å². The van der Waals surface area contributed by atoms with Crippen LogP contribution in [0.1, 0.15) is 31.1 Å². The summed E-state index contributed by atoms with van der Waals surface area (Å²) in [6.07, 6.45) is 0.558. The zero-order valence-electron chi connectivity index (χ0n) is 13.4. The highest BCUT2D eigenvalue weighted by molar-refractivity contribution is 5.36. The number of nitrogens with zero attached hydrogens (tertiary/aromatic N) is 3. The third kappa shape index (κ3) is 2.77. The minimum absolute atomic E-state index is 0.00727. The van der Waals surface area contributed by atoms with E-state index in [2.05, 4.69) is 35.8 Å². The predicted molar refractivity (Wildman–Crippen MR) is 86.3 cm³/mol. The summed E-state index contributed by atoms with van der Waals surface area (Å²) in [5.74, 6) is 0.359. The number of fused-ring (bicyclic) bond motifs is 1. The molecular weight excluding hydrogens is 274 g/mol. The molecule has 0 spiro atoms. The maximum Gasteiger partial charge on any atom is 0.100 e. The van der Waals surface area contributed by atoms with Crippen molar-refractivity contribution in [1.29, 1.82) is 5.26 Å². The van der Waals surface area contributed by atoms with Crippen LogP contribution >= 0.6 is 0 Å². The second-order valence-electron chi connectivity index (χ2n) is 6.81. The molecule has 1 fully saturated rings. The number of benzene rings is 1. The van der Waals surface area contributed by atoms with E-state index in [1.807, 2.05) is 18.2 Å². The van der Waals surface area contributed by atoms with Gasteiger partial charge in [0.1, 0.15) is 6.04 Å². The Balaban J connectivity index is 1.63. The lowest BCUT2D eigenvalue weighted by Gasteiger charge is -2.41. The summed E-state index contributed by atoms with van der Waals surface area (Å²) in [4.78, 5) is 4.69. The van der Waals surface area contributed by atoms with Gasteiger partial charge in [-0.2, -0.15) is 5.26 Å². The van der Waals surface area contributed by atoms with Crippen LogP contribution in [0.4, 0.5) is 0 Å². The predicted octanol–water partition coefficient (Wildman–Crippen LogP) is 1.81. The van der Waals surface area contributed by atoms with Crippen LogP contribution < -0.4 is 0 Å². The Labute approximate surface area is 133 Å². The fourth-order valence-electron chi connectivity index (χ4n) is 3.88. The Morgan fingerprint density at radius 2 is 1.86 bits per heavy atom. The van der Waals surface area contributed by atoms with E-state index in [0.717, 1.165) is 38.2 Å². The van der Waals surface area contributed by atoms with Gasteiger partial charge in [-0.05, 0) is 23.5 Å². The van der Waals surface area contributed by atoms with Crippen molar-refractivity contribution in [3.8, 4) is 6.07 Å². The van der Waals surface area contributed by atoms with Gasteiger partial charge in [-0.15, -0.1) is 0 Å². The summed E-state index contributed by atoms with van der Waals surface area (Å²) in [6.45, 7) is 7.91. The molecule has 4 nitrogen and oxygen atoms in total. The normalized spacial score (nSPS) is 27.6. The highest BCUT2D eigenvalue weighted by Gasteiger charge is 2.37. The lowest BCUT2D eigenvalue weighted by atomic mass is 10.0. The monoisotopic (exact) mass is 299 g/mol. The van der Waals surface area contributed by atoms with Crippen molar-refractivity contribution in [2.75, 3.05) is 26.2 Å². The second kappa shape index (κ2) is 6.37. The van der Waals surface area contributed by atoms with Crippen LogP contribution in [0.5, 0.6) is 0 Å². The van der Waals surface area contributed by atoms with Crippen molar-refractivity contribution in [2.24, 2.45) is 5.92 Å². The standard InChI is InChI=1S/C18H25N3O/c1-13(2)17(12-19)21-9-7-20(8-10-21)16-11-14-5-3-4-6-15(14)18(16)22/h3-6,13,16-18,22H,7-11H2,1-2H3. The summed E-state index contributed by atoms with van der Waals surface area (Å²) in [5, 5.41) is 19.9. The second-order valence-corrected chi connectivity index (χ2v) is 6.81. The fraction of sp³-hybridized carbons (Fsp3) is 0.611. The quantitative estimate of drug-likeness (QED) is 0.925. The molecule has 2 aliphatic rings. The van der Waals surface area contributed by atoms with Crippen LogP contribution in [0.15, 0.2) is 24.3 Å². The summed E-state index contributed by atoms with van der Waals surface area (Å²) in [6, 6.07) is 10.9. The zero-order chi connectivity index (χ0) is 15.7. The molecule has 1 heterocycles. The Hall–Kier alpha value is -1.41. The third-order valence-corrected chi connectivity index (χ3v) is 5.14. The Morgan fingerprint density at radius 3 is 2.45 bits per heavy atom. The maximum atomic E-state index is 10.6. The molecular formula is C18H25N3O. The smallest absolute Gasteiger partial charge is 0.100 e. The van der Waals surface area contributed by atoms with Crippen molar-refractivity contribution in [1.82, 2.24) is 9.80 Å². The highest BCUT2D eigenvalue weighted by atomic mass is 16.3. The van der Waals surface area contributed by atoms with Crippen molar-refractivity contribution < 1.29 is 5.11 Å². The van der Waals surface area contributed by atoms with Crippen LogP contribution in [-0.2, 0) is 6.42 Å². The fourth-order valence-corrected chi connectivity index (χ4v) is 3.88. The number of hydrogen-bond acceptors (Lipinski definition) is 4. The first-order valence-corrected chi connectivity index (χ1v) is 8.25. The molecule has 0 aromatic heterocycles. The molecule has 3 atom stereocenters. The lowest BCUT2D eigenvalue weighted by Crippen LogP contribution is -2.54. The van der Waals surface area contributed by atoms with E-state index in [0.29, 0.717) is 5.92 Å². The number of nitriles is 1. The first-order chi connectivity index (χ1) is 10.6. The number of hydrogen-bond donors (Lipinski definition) is 1. The van der Waals surface area contributed by atoms with Gasteiger partial charge in [0.2, 0.25) is 0 Å². The summed E-state index contributed by atoms with van der Waals surface area (Å²) in [7, 11) is 0. The van der Waals surface area contributed by atoms with Crippen LogP contribution in [0, 0.1) is 17.2 Å². The molecule has 3 unspecified atom stereocenters. The summed E-state index contributed by atoms with van der Waals surface area (Å²) < 4.78 is 0. The van der Waals surface area contributed by atoms with E-state index >= 15 is 0 Å². The van der Waals surface area contributed by atoms with Crippen molar-refractivity contribution in [2.45, 2.75) is 38.5 Å². The molecule has 1 N–H and O–H groups in total. The first kappa shape index (κ1) is 15.5. The lowest BCUT2D eigenvalue weighted by molar-refractivity contribution is 0.0179. The van der Waals surface area contributed by atoms with E-state index in [4.69, 9.17) is 0 Å². The van der Waals surface area contributed by atoms with Gasteiger partial charge in [-0.25, -0.2) is 0 Å². The molecule has 0 saturated carbocycles. The van der Waals surface area contributed by atoms with E-state index in [1.165, 1.54) is 5.56 Å². The van der Waals surface area contributed by atoms with Gasteiger partial charge in [0.05, 0.1) is 12.2 Å². The molecule has 1 aliphatic carbocycles. The van der Waals surface area contributed by atoms with Gasteiger partial charge in [0.15, 0.2) is 0 Å². The average molecular weight is 299 g/mol. The molecule has 1 aliphatic heterocycles. The minimum atomic E-state index is -0.375. The largest absolute Gasteiger partial charge is 0.387 e. The van der Waals surface area contributed by atoms with Crippen LogP contribution in [0.25, 0.3) is 0 Å². The maximum absolute atomic E-state index is 10.6. The van der Waals surface area contributed by atoms with Crippen molar-refractivity contribution in [3.05, 3.63) is 35.4 Å². The van der Waals surface area contributed by atoms with E-state index < -0.39 is 0 Å². The molecule has 4 heteroatoms.